The average Bonchev–Trinajstić information content (AvgIpc) is 2.81. The molecule has 19 heavy (non-hydrogen) atoms. The normalized spacial score (nSPS) is 10.2. The largest absolute Gasteiger partial charge is 0.493 e. The van der Waals surface area contributed by atoms with Gasteiger partial charge in [-0.05, 0) is 40.2 Å². The average molecular weight is 343 g/mol. The molecule has 2 rings (SSSR count). The Morgan fingerprint density at radius 2 is 2.16 bits per heavy atom. The summed E-state index contributed by atoms with van der Waals surface area (Å²) in [7, 11) is 1.52. The third kappa shape index (κ3) is 3.48. The quantitative estimate of drug-likeness (QED) is 0.897. The van der Waals surface area contributed by atoms with Gasteiger partial charge in [-0.3, -0.25) is 0 Å². The van der Waals surface area contributed by atoms with E-state index in [-0.39, 0.29) is 5.56 Å². The van der Waals surface area contributed by atoms with E-state index >= 15 is 0 Å². The number of methoxy groups -OCH3 is 1. The van der Waals surface area contributed by atoms with E-state index < -0.39 is 5.97 Å². The predicted octanol–water partition coefficient (Wildman–Crippen LogP) is 3.80. The minimum atomic E-state index is -0.994. The molecule has 4 nitrogen and oxygen atoms in total. The molecular weight excluding hydrogens is 332 g/mol. The maximum absolute atomic E-state index is 10.9. The van der Waals surface area contributed by atoms with Crippen LogP contribution in [0.4, 0.5) is 0 Å². The molecular formula is C13H11BrO4S. The van der Waals surface area contributed by atoms with Crippen LogP contribution in [-0.2, 0) is 6.61 Å². The molecule has 0 fully saturated rings. The first-order valence-electron chi connectivity index (χ1n) is 5.37. The highest BCUT2D eigenvalue weighted by Crippen LogP contribution is 2.30. The van der Waals surface area contributed by atoms with Gasteiger partial charge >= 0.3 is 5.97 Å². The fourth-order valence-corrected chi connectivity index (χ4v) is 2.86. The van der Waals surface area contributed by atoms with Crippen LogP contribution in [-0.4, -0.2) is 18.2 Å². The molecule has 0 saturated heterocycles. The smallest absolute Gasteiger partial charge is 0.335 e. The molecule has 0 atom stereocenters. The number of hydrogen-bond acceptors (Lipinski definition) is 4. The lowest BCUT2D eigenvalue weighted by atomic mass is 10.2. The standard InChI is InChI=1S/C13H11BrO4S/c1-17-11-3-2-8(13(15)16)4-12(11)18-6-10-5-9(14)7-19-10/h2-5,7H,6H2,1H3,(H,15,16). The van der Waals surface area contributed by atoms with Gasteiger partial charge in [0.2, 0.25) is 0 Å². The molecule has 0 aliphatic rings. The minimum absolute atomic E-state index is 0.170. The molecule has 6 heteroatoms. The summed E-state index contributed by atoms with van der Waals surface area (Å²) < 4.78 is 11.8. The van der Waals surface area contributed by atoms with Crippen molar-refractivity contribution in [3.8, 4) is 11.5 Å². The van der Waals surface area contributed by atoms with Crippen LogP contribution in [0.25, 0.3) is 0 Å². The van der Waals surface area contributed by atoms with Crippen LogP contribution >= 0.6 is 27.3 Å². The molecule has 100 valence electrons. The third-order valence-electron chi connectivity index (χ3n) is 2.40. The number of thiophene rings is 1. The van der Waals surface area contributed by atoms with Gasteiger partial charge < -0.3 is 14.6 Å². The van der Waals surface area contributed by atoms with Crippen molar-refractivity contribution < 1.29 is 19.4 Å². The Bertz CT molecular complexity index is 594. The Labute approximate surface area is 122 Å². The van der Waals surface area contributed by atoms with Crippen molar-refractivity contribution in [1.29, 1.82) is 0 Å². The monoisotopic (exact) mass is 342 g/mol. The molecule has 0 aliphatic carbocycles. The molecule has 1 aromatic heterocycles. The summed E-state index contributed by atoms with van der Waals surface area (Å²) >= 11 is 4.93. The zero-order chi connectivity index (χ0) is 13.8. The lowest BCUT2D eigenvalue weighted by Gasteiger charge is -2.10. The second-order valence-electron chi connectivity index (χ2n) is 3.69. The number of halogens is 1. The van der Waals surface area contributed by atoms with E-state index in [1.165, 1.54) is 19.2 Å². The van der Waals surface area contributed by atoms with Gasteiger partial charge in [-0.1, -0.05) is 0 Å². The highest BCUT2D eigenvalue weighted by molar-refractivity contribution is 9.10. The Balaban J connectivity index is 2.17. The molecule has 0 unspecified atom stereocenters. The van der Waals surface area contributed by atoms with Crippen LogP contribution in [0.15, 0.2) is 34.1 Å². The summed E-state index contributed by atoms with van der Waals surface area (Å²) in [6, 6.07) is 6.49. The van der Waals surface area contributed by atoms with Gasteiger partial charge in [0.1, 0.15) is 6.61 Å². The summed E-state index contributed by atoms with van der Waals surface area (Å²) in [6.07, 6.45) is 0. The van der Waals surface area contributed by atoms with E-state index in [9.17, 15) is 4.79 Å². The van der Waals surface area contributed by atoms with E-state index in [4.69, 9.17) is 14.6 Å². The van der Waals surface area contributed by atoms with Crippen molar-refractivity contribution in [2.45, 2.75) is 6.61 Å². The first kappa shape index (κ1) is 13.9. The van der Waals surface area contributed by atoms with Gasteiger partial charge in [0.15, 0.2) is 11.5 Å². The van der Waals surface area contributed by atoms with Crippen LogP contribution in [0, 0.1) is 0 Å². The zero-order valence-electron chi connectivity index (χ0n) is 10.1. The number of carboxylic acids is 1. The van der Waals surface area contributed by atoms with Gasteiger partial charge in [-0.2, -0.15) is 0 Å². The molecule has 0 bridgehead atoms. The topological polar surface area (TPSA) is 55.8 Å². The molecule has 0 amide bonds. The van der Waals surface area contributed by atoms with E-state index in [0.29, 0.717) is 18.1 Å². The Hall–Kier alpha value is -1.53. The third-order valence-corrected chi connectivity index (χ3v) is 4.07. The van der Waals surface area contributed by atoms with Gasteiger partial charge in [0.25, 0.3) is 0 Å². The van der Waals surface area contributed by atoms with Crippen LogP contribution in [0.5, 0.6) is 11.5 Å². The molecule has 1 heterocycles. The van der Waals surface area contributed by atoms with Crippen molar-refractivity contribution in [3.05, 3.63) is 44.6 Å². The predicted molar refractivity (Wildman–Crippen MR) is 76.3 cm³/mol. The van der Waals surface area contributed by atoms with E-state index in [2.05, 4.69) is 15.9 Å². The van der Waals surface area contributed by atoms with Crippen LogP contribution in [0.1, 0.15) is 15.2 Å². The van der Waals surface area contributed by atoms with Crippen LogP contribution in [0.3, 0.4) is 0 Å². The number of benzene rings is 1. The zero-order valence-corrected chi connectivity index (χ0v) is 12.5. The van der Waals surface area contributed by atoms with Crippen molar-refractivity contribution in [3.63, 3.8) is 0 Å². The molecule has 1 aromatic carbocycles. The van der Waals surface area contributed by atoms with Gasteiger partial charge in [0.05, 0.1) is 12.7 Å². The first-order chi connectivity index (χ1) is 9.10. The Morgan fingerprint density at radius 3 is 2.74 bits per heavy atom. The number of ether oxygens (including phenoxy) is 2. The molecule has 0 saturated carbocycles. The second-order valence-corrected chi connectivity index (χ2v) is 5.60. The highest BCUT2D eigenvalue weighted by Gasteiger charge is 2.10. The van der Waals surface area contributed by atoms with Crippen molar-refractivity contribution in [1.82, 2.24) is 0 Å². The minimum Gasteiger partial charge on any atom is -0.493 e. The van der Waals surface area contributed by atoms with Gasteiger partial charge in [-0.25, -0.2) is 4.79 Å². The molecule has 0 radical (unpaired) electrons. The lowest BCUT2D eigenvalue weighted by Crippen LogP contribution is -2.00. The number of carbonyl (C=O) groups is 1. The molecule has 0 aliphatic heterocycles. The van der Waals surface area contributed by atoms with Crippen molar-refractivity contribution >= 4 is 33.2 Å². The highest BCUT2D eigenvalue weighted by atomic mass is 79.9. The van der Waals surface area contributed by atoms with Crippen LogP contribution < -0.4 is 9.47 Å². The summed E-state index contributed by atoms with van der Waals surface area (Å²) in [5, 5.41) is 10.9. The van der Waals surface area contributed by atoms with Crippen molar-refractivity contribution in [2.75, 3.05) is 7.11 Å². The Kier molecular flexibility index (Phi) is 4.44. The molecule has 1 N–H and O–H groups in total. The number of aromatic carboxylic acids is 1. The summed E-state index contributed by atoms with van der Waals surface area (Å²) in [5.74, 6) is -0.0566. The van der Waals surface area contributed by atoms with E-state index in [1.54, 1.807) is 17.4 Å². The summed E-state index contributed by atoms with van der Waals surface area (Å²) in [5.41, 5.74) is 0.170. The lowest BCUT2D eigenvalue weighted by molar-refractivity contribution is 0.0696. The maximum Gasteiger partial charge on any atom is 0.335 e. The first-order valence-corrected chi connectivity index (χ1v) is 7.04. The number of carboxylic acid groups (broad SMARTS) is 1. The van der Waals surface area contributed by atoms with E-state index in [1.807, 2.05) is 11.4 Å². The summed E-state index contributed by atoms with van der Waals surface area (Å²) in [6.45, 7) is 0.371. The number of hydrogen-bond donors (Lipinski definition) is 1. The van der Waals surface area contributed by atoms with Crippen molar-refractivity contribution in [2.24, 2.45) is 0 Å². The SMILES string of the molecule is COc1ccc(C(=O)O)cc1OCc1cc(Br)cs1. The maximum atomic E-state index is 10.9. The van der Waals surface area contributed by atoms with Gasteiger partial charge in [-0.15, -0.1) is 11.3 Å². The second kappa shape index (κ2) is 6.08. The fraction of sp³-hybridized carbons (Fsp3) is 0.154. The van der Waals surface area contributed by atoms with Crippen LogP contribution in [0.2, 0.25) is 0 Å². The molecule has 0 spiro atoms. The van der Waals surface area contributed by atoms with Gasteiger partial charge in [0, 0.05) is 14.7 Å². The fourth-order valence-electron chi connectivity index (χ4n) is 1.50. The molecule has 2 aromatic rings. The van der Waals surface area contributed by atoms with E-state index in [0.717, 1.165) is 9.35 Å². The Morgan fingerprint density at radius 1 is 1.37 bits per heavy atom. The summed E-state index contributed by atoms with van der Waals surface area (Å²) in [4.78, 5) is 12.0. The number of rotatable bonds is 5.